The highest BCUT2D eigenvalue weighted by Gasteiger charge is 2.14. The summed E-state index contributed by atoms with van der Waals surface area (Å²) in [6, 6.07) is 7.54. The molecule has 0 aromatic heterocycles. The maximum atomic E-state index is 11.2. The van der Waals surface area contributed by atoms with Gasteiger partial charge in [-0.2, -0.15) is 0 Å². The number of rotatable bonds is 5. The van der Waals surface area contributed by atoms with Crippen LogP contribution in [0, 0.1) is 0 Å². The number of ether oxygens (including phenoxy) is 2. The fraction of sp³-hybridized carbons (Fsp3) is 0.417. The van der Waals surface area contributed by atoms with Crippen molar-refractivity contribution < 1.29 is 14.3 Å². The molecule has 1 aromatic carbocycles. The quantitative estimate of drug-likeness (QED) is 0.764. The average Bonchev–Trinajstić information content (AvgIpc) is 2.35. The van der Waals surface area contributed by atoms with Crippen molar-refractivity contribution in [3.63, 3.8) is 0 Å². The lowest BCUT2D eigenvalue weighted by Crippen LogP contribution is -2.17. The van der Waals surface area contributed by atoms with Gasteiger partial charge in [-0.25, -0.2) is 0 Å². The molecule has 1 aromatic rings. The van der Waals surface area contributed by atoms with Crippen LogP contribution in [-0.4, -0.2) is 26.7 Å². The lowest BCUT2D eigenvalue weighted by molar-refractivity contribution is -0.141. The third-order valence-electron chi connectivity index (χ3n) is 2.51. The Morgan fingerprint density at radius 3 is 2.38 bits per heavy atom. The van der Waals surface area contributed by atoms with Gasteiger partial charge in [-0.3, -0.25) is 4.79 Å². The second-order valence-corrected chi connectivity index (χ2v) is 3.49. The molecule has 0 saturated heterocycles. The summed E-state index contributed by atoms with van der Waals surface area (Å²) in [6.45, 7) is 0.418. The Labute approximate surface area is 95.3 Å². The Kier molecular flexibility index (Phi) is 4.79. The first-order valence-electron chi connectivity index (χ1n) is 5.12. The highest BCUT2D eigenvalue weighted by molar-refractivity contribution is 5.70. The average molecular weight is 223 g/mol. The summed E-state index contributed by atoms with van der Waals surface area (Å²) in [5.74, 6) is 0.544. The van der Waals surface area contributed by atoms with Crippen molar-refractivity contribution in [3.05, 3.63) is 29.8 Å². The lowest BCUT2D eigenvalue weighted by atomic mass is 9.96. The second kappa shape index (κ2) is 6.12. The fourth-order valence-corrected chi connectivity index (χ4v) is 1.50. The largest absolute Gasteiger partial charge is 0.497 e. The molecule has 0 radical (unpaired) electrons. The standard InChI is InChI=1S/C12H17NO3/c1-15-11-5-3-9(4-6-11)10(8-13)7-12(14)16-2/h3-6,10H,7-8,13H2,1-2H3/t10-/m1/s1. The molecule has 0 spiro atoms. The molecule has 0 aliphatic heterocycles. The van der Waals surface area contributed by atoms with Crippen LogP contribution in [0.2, 0.25) is 0 Å². The van der Waals surface area contributed by atoms with Gasteiger partial charge in [0.2, 0.25) is 0 Å². The zero-order valence-electron chi connectivity index (χ0n) is 9.60. The predicted octanol–water partition coefficient (Wildman–Crippen LogP) is 1.30. The third kappa shape index (κ3) is 3.24. The first kappa shape index (κ1) is 12.5. The van der Waals surface area contributed by atoms with E-state index in [9.17, 15) is 4.79 Å². The monoisotopic (exact) mass is 223 g/mol. The number of carbonyl (C=O) groups is 1. The van der Waals surface area contributed by atoms with Crippen molar-refractivity contribution in [2.24, 2.45) is 5.73 Å². The van der Waals surface area contributed by atoms with Crippen LogP contribution in [0.4, 0.5) is 0 Å². The summed E-state index contributed by atoms with van der Waals surface area (Å²) in [5, 5.41) is 0. The normalized spacial score (nSPS) is 11.9. The molecule has 1 rings (SSSR count). The highest BCUT2D eigenvalue weighted by Crippen LogP contribution is 2.21. The van der Waals surface area contributed by atoms with E-state index < -0.39 is 0 Å². The van der Waals surface area contributed by atoms with Gasteiger partial charge in [0.25, 0.3) is 0 Å². The number of esters is 1. The van der Waals surface area contributed by atoms with E-state index in [1.807, 2.05) is 24.3 Å². The maximum absolute atomic E-state index is 11.2. The molecule has 0 unspecified atom stereocenters. The second-order valence-electron chi connectivity index (χ2n) is 3.49. The molecule has 2 N–H and O–H groups in total. The molecule has 88 valence electrons. The Balaban J connectivity index is 2.74. The molecule has 0 amide bonds. The Morgan fingerprint density at radius 1 is 1.31 bits per heavy atom. The number of nitrogens with two attached hydrogens (primary N) is 1. The van der Waals surface area contributed by atoms with E-state index in [2.05, 4.69) is 4.74 Å². The summed E-state index contributed by atoms with van der Waals surface area (Å²) in [5.41, 5.74) is 6.66. The minimum absolute atomic E-state index is 0.00152. The number of hydrogen-bond donors (Lipinski definition) is 1. The van der Waals surface area contributed by atoms with Crippen LogP contribution >= 0.6 is 0 Å². The molecule has 1 atom stereocenters. The van der Waals surface area contributed by atoms with Crippen molar-refractivity contribution in [2.75, 3.05) is 20.8 Å². The first-order chi connectivity index (χ1) is 7.71. The fourth-order valence-electron chi connectivity index (χ4n) is 1.50. The third-order valence-corrected chi connectivity index (χ3v) is 2.51. The SMILES string of the molecule is COC(=O)C[C@H](CN)c1ccc(OC)cc1. The molecule has 0 aliphatic carbocycles. The van der Waals surface area contributed by atoms with Gasteiger partial charge in [0.1, 0.15) is 5.75 Å². The van der Waals surface area contributed by atoms with Crippen LogP contribution in [0.1, 0.15) is 17.9 Å². The van der Waals surface area contributed by atoms with Gasteiger partial charge < -0.3 is 15.2 Å². The van der Waals surface area contributed by atoms with E-state index in [1.54, 1.807) is 7.11 Å². The molecule has 0 heterocycles. The highest BCUT2D eigenvalue weighted by atomic mass is 16.5. The number of hydrogen-bond acceptors (Lipinski definition) is 4. The predicted molar refractivity (Wildman–Crippen MR) is 61.4 cm³/mol. The topological polar surface area (TPSA) is 61.5 Å². The molecule has 4 nitrogen and oxygen atoms in total. The summed E-state index contributed by atoms with van der Waals surface area (Å²) in [6.07, 6.45) is 0.305. The molecular formula is C12H17NO3. The molecule has 0 saturated carbocycles. The van der Waals surface area contributed by atoms with Crippen molar-refractivity contribution in [1.29, 1.82) is 0 Å². The molecular weight excluding hydrogens is 206 g/mol. The van der Waals surface area contributed by atoms with Crippen molar-refractivity contribution >= 4 is 5.97 Å². The van der Waals surface area contributed by atoms with Crippen LogP contribution in [-0.2, 0) is 9.53 Å². The minimum Gasteiger partial charge on any atom is -0.497 e. The van der Waals surface area contributed by atoms with Gasteiger partial charge in [0, 0.05) is 5.92 Å². The summed E-state index contributed by atoms with van der Waals surface area (Å²) < 4.78 is 9.69. The smallest absolute Gasteiger partial charge is 0.306 e. The number of carbonyl (C=O) groups excluding carboxylic acids is 1. The number of methoxy groups -OCH3 is 2. The van der Waals surface area contributed by atoms with Crippen LogP contribution < -0.4 is 10.5 Å². The summed E-state index contributed by atoms with van der Waals surface area (Å²) >= 11 is 0. The van der Waals surface area contributed by atoms with Gasteiger partial charge in [-0.1, -0.05) is 12.1 Å². The van der Waals surface area contributed by atoms with Gasteiger partial charge in [0.05, 0.1) is 20.6 Å². The molecule has 4 heteroatoms. The number of benzene rings is 1. The summed E-state index contributed by atoms with van der Waals surface area (Å²) in [4.78, 5) is 11.2. The van der Waals surface area contributed by atoms with E-state index in [0.29, 0.717) is 13.0 Å². The Morgan fingerprint density at radius 2 is 1.94 bits per heavy atom. The Hall–Kier alpha value is -1.55. The van der Waals surface area contributed by atoms with E-state index in [-0.39, 0.29) is 11.9 Å². The van der Waals surface area contributed by atoms with E-state index in [0.717, 1.165) is 11.3 Å². The lowest BCUT2D eigenvalue weighted by Gasteiger charge is -2.14. The van der Waals surface area contributed by atoms with Gasteiger partial charge >= 0.3 is 5.97 Å². The first-order valence-corrected chi connectivity index (χ1v) is 5.12. The molecule has 0 aliphatic rings. The van der Waals surface area contributed by atoms with Crippen LogP contribution in [0.15, 0.2) is 24.3 Å². The van der Waals surface area contributed by atoms with E-state index >= 15 is 0 Å². The van der Waals surface area contributed by atoms with Gasteiger partial charge in [0.15, 0.2) is 0 Å². The van der Waals surface area contributed by atoms with Crippen molar-refractivity contribution in [3.8, 4) is 5.75 Å². The molecule has 0 fully saturated rings. The van der Waals surface area contributed by atoms with Crippen LogP contribution in [0.3, 0.4) is 0 Å². The zero-order chi connectivity index (χ0) is 12.0. The molecule has 0 bridgehead atoms. The van der Waals surface area contributed by atoms with Gasteiger partial charge in [-0.15, -0.1) is 0 Å². The van der Waals surface area contributed by atoms with Gasteiger partial charge in [-0.05, 0) is 24.2 Å². The van der Waals surface area contributed by atoms with Crippen molar-refractivity contribution in [2.45, 2.75) is 12.3 Å². The van der Waals surface area contributed by atoms with E-state index in [1.165, 1.54) is 7.11 Å². The van der Waals surface area contributed by atoms with Crippen LogP contribution in [0.5, 0.6) is 5.75 Å². The maximum Gasteiger partial charge on any atom is 0.306 e. The van der Waals surface area contributed by atoms with E-state index in [4.69, 9.17) is 10.5 Å². The summed E-state index contributed by atoms with van der Waals surface area (Å²) in [7, 11) is 2.99. The molecule has 16 heavy (non-hydrogen) atoms. The minimum atomic E-state index is -0.244. The Bertz CT molecular complexity index is 335. The zero-order valence-corrected chi connectivity index (χ0v) is 9.60. The van der Waals surface area contributed by atoms with Crippen molar-refractivity contribution in [1.82, 2.24) is 0 Å². The van der Waals surface area contributed by atoms with Crippen LogP contribution in [0.25, 0.3) is 0 Å².